The summed E-state index contributed by atoms with van der Waals surface area (Å²) in [4.78, 5) is 11.9. The summed E-state index contributed by atoms with van der Waals surface area (Å²) in [6.07, 6.45) is 9.29. The van der Waals surface area contributed by atoms with Crippen LogP contribution in [-0.4, -0.2) is 19.1 Å². The average Bonchev–Trinajstić information content (AvgIpc) is 2.46. The van der Waals surface area contributed by atoms with Crippen LogP contribution < -0.4 is 10.1 Å². The summed E-state index contributed by atoms with van der Waals surface area (Å²) in [6.45, 7) is 0. The molecule has 0 spiro atoms. The number of hydrogen-bond donors (Lipinski definition) is 1. The Bertz CT molecular complexity index is 493. The zero-order chi connectivity index (χ0) is 14.4. The molecule has 2 rings (SSSR count). The summed E-state index contributed by atoms with van der Waals surface area (Å²) in [5.74, 6) is 0.730. The standard InChI is InChI=1S/C16H20BrNO2/c1-20-15-9-8-13(17)11-12(15)7-10-16(19)18-14-5-3-2-4-6-14/h7-11,14H,2-6H2,1H3,(H,18,19)/b10-7-. The molecule has 1 aromatic rings. The van der Waals surface area contributed by atoms with E-state index < -0.39 is 0 Å². The predicted octanol–water partition coefficient (Wildman–Crippen LogP) is 3.92. The molecule has 1 fully saturated rings. The largest absolute Gasteiger partial charge is 0.496 e. The van der Waals surface area contributed by atoms with E-state index in [4.69, 9.17) is 4.74 Å². The minimum Gasteiger partial charge on any atom is -0.496 e. The first-order valence-corrected chi connectivity index (χ1v) is 7.80. The highest BCUT2D eigenvalue weighted by atomic mass is 79.9. The van der Waals surface area contributed by atoms with E-state index in [0.717, 1.165) is 28.6 Å². The van der Waals surface area contributed by atoms with E-state index in [1.165, 1.54) is 19.3 Å². The minimum atomic E-state index is -0.0288. The Morgan fingerprint density at radius 1 is 1.35 bits per heavy atom. The molecule has 0 aliphatic heterocycles. The molecule has 1 saturated carbocycles. The molecule has 1 N–H and O–H groups in total. The van der Waals surface area contributed by atoms with Gasteiger partial charge in [0.2, 0.25) is 5.91 Å². The molecule has 0 bridgehead atoms. The van der Waals surface area contributed by atoms with Crippen LogP contribution in [0, 0.1) is 0 Å². The maximum absolute atomic E-state index is 11.9. The fourth-order valence-corrected chi connectivity index (χ4v) is 2.88. The molecule has 4 heteroatoms. The molecule has 0 atom stereocenters. The third-order valence-corrected chi connectivity index (χ3v) is 4.05. The van der Waals surface area contributed by atoms with Crippen LogP contribution >= 0.6 is 15.9 Å². The van der Waals surface area contributed by atoms with Gasteiger partial charge in [0.25, 0.3) is 0 Å². The molecule has 0 heterocycles. The second-order valence-corrected chi connectivity index (χ2v) is 5.98. The molecule has 0 aromatic heterocycles. The van der Waals surface area contributed by atoms with Gasteiger partial charge in [-0.2, -0.15) is 0 Å². The number of benzene rings is 1. The van der Waals surface area contributed by atoms with Gasteiger partial charge in [-0.3, -0.25) is 4.79 Å². The number of carbonyl (C=O) groups is 1. The second kappa shape index (κ2) is 7.48. The molecule has 0 radical (unpaired) electrons. The Balaban J connectivity index is 1.97. The zero-order valence-corrected chi connectivity index (χ0v) is 13.3. The van der Waals surface area contributed by atoms with Crippen LogP contribution in [0.5, 0.6) is 5.75 Å². The Kier molecular flexibility index (Phi) is 5.65. The summed E-state index contributed by atoms with van der Waals surface area (Å²) < 4.78 is 6.24. The van der Waals surface area contributed by atoms with Crippen molar-refractivity contribution < 1.29 is 9.53 Å². The van der Waals surface area contributed by atoms with Gasteiger partial charge in [0.15, 0.2) is 0 Å². The first-order valence-electron chi connectivity index (χ1n) is 7.01. The van der Waals surface area contributed by atoms with Crippen LogP contribution in [0.25, 0.3) is 6.08 Å². The van der Waals surface area contributed by atoms with E-state index in [9.17, 15) is 4.79 Å². The third kappa shape index (κ3) is 4.37. The summed E-state index contributed by atoms with van der Waals surface area (Å²) >= 11 is 3.42. The molecule has 1 amide bonds. The maximum atomic E-state index is 11.9. The monoisotopic (exact) mass is 337 g/mol. The van der Waals surface area contributed by atoms with Crippen LogP contribution in [-0.2, 0) is 4.79 Å². The lowest BCUT2D eigenvalue weighted by atomic mass is 9.95. The normalized spacial score (nSPS) is 16.3. The molecule has 20 heavy (non-hydrogen) atoms. The SMILES string of the molecule is COc1ccc(Br)cc1/C=C\C(=O)NC1CCCCC1. The Labute approximate surface area is 128 Å². The lowest BCUT2D eigenvalue weighted by molar-refractivity contribution is -0.117. The number of carbonyl (C=O) groups excluding carboxylic acids is 1. The fraction of sp³-hybridized carbons (Fsp3) is 0.438. The Hall–Kier alpha value is -1.29. The van der Waals surface area contributed by atoms with Crippen LogP contribution in [0.3, 0.4) is 0 Å². The summed E-state index contributed by atoms with van der Waals surface area (Å²) in [5.41, 5.74) is 0.890. The number of methoxy groups -OCH3 is 1. The van der Waals surface area contributed by atoms with E-state index in [1.807, 2.05) is 18.2 Å². The fourth-order valence-electron chi connectivity index (χ4n) is 2.50. The lowest BCUT2D eigenvalue weighted by Gasteiger charge is -2.21. The average molecular weight is 338 g/mol. The number of rotatable bonds is 4. The van der Waals surface area contributed by atoms with Gasteiger partial charge in [0, 0.05) is 22.2 Å². The van der Waals surface area contributed by atoms with Gasteiger partial charge in [-0.25, -0.2) is 0 Å². The lowest BCUT2D eigenvalue weighted by Crippen LogP contribution is -2.34. The van der Waals surface area contributed by atoms with Gasteiger partial charge in [0.05, 0.1) is 7.11 Å². The van der Waals surface area contributed by atoms with E-state index in [-0.39, 0.29) is 5.91 Å². The van der Waals surface area contributed by atoms with Crippen LogP contribution in [0.2, 0.25) is 0 Å². The molecule has 108 valence electrons. The summed E-state index contributed by atoms with van der Waals surface area (Å²) in [6, 6.07) is 6.06. The minimum absolute atomic E-state index is 0.0288. The molecular weight excluding hydrogens is 318 g/mol. The van der Waals surface area contributed by atoms with Gasteiger partial charge in [-0.1, -0.05) is 35.2 Å². The van der Waals surface area contributed by atoms with Crippen LogP contribution in [0.1, 0.15) is 37.7 Å². The molecule has 1 aromatic carbocycles. The highest BCUT2D eigenvalue weighted by Gasteiger charge is 2.14. The van der Waals surface area contributed by atoms with Crippen molar-refractivity contribution in [1.29, 1.82) is 0 Å². The predicted molar refractivity (Wildman–Crippen MR) is 84.7 cm³/mol. The number of amides is 1. The Morgan fingerprint density at radius 2 is 2.10 bits per heavy atom. The van der Waals surface area contributed by atoms with E-state index in [1.54, 1.807) is 19.3 Å². The van der Waals surface area contributed by atoms with Gasteiger partial charge in [0.1, 0.15) is 5.75 Å². The highest BCUT2D eigenvalue weighted by Crippen LogP contribution is 2.24. The van der Waals surface area contributed by atoms with Crippen LogP contribution in [0.15, 0.2) is 28.7 Å². The summed E-state index contributed by atoms with van der Waals surface area (Å²) in [7, 11) is 1.63. The topological polar surface area (TPSA) is 38.3 Å². The quantitative estimate of drug-likeness (QED) is 0.845. The Morgan fingerprint density at radius 3 is 2.80 bits per heavy atom. The van der Waals surface area contributed by atoms with Crippen molar-refractivity contribution in [2.75, 3.05) is 7.11 Å². The van der Waals surface area contributed by atoms with Crippen molar-refractivity contribution in [3.8, 4) is 5.75 Å². The number of ether oxygens (including phenoxy) is 1. The molecular formula is C16H20BrNO2. The molecule has 0 unspecified atom stereocenters. The van der Waals surface area contributed by atoms with Crippen molar-refractivity contribution in [3.63, 3.8) is 0 Å². The zero-order valence-electron chi connectivity index (χ0n) is 11.7. The first kappa shape index (κ1) is 15.1. The molecule has 0 saturated heterocycles. The van der Waals surface area contributed by atoms with Crippen molar-refractivity contribution in [2.45, 2.75) is 38.1 Å². The van der Waals surface area contributed by atoms with Gasteiger partial charge in [-0.05, 0) is 37.1 Å². The molecule has 3 nitrogen and oxygen atoms in total. The van der Waals surface area contributed by atoms with Gasteiger partial charge < -0.3 is 10.1 Å². The van der Waals surface area contributed by atoms with Gasteiger partial charge in [-0.15, -0.1) is 0 Å². The number of hydrogen-bond acceptors (Lipinski definition) is 2. The van der Waals surface area contributed by atoms with E-state index >= 15 is 0 Å². The van der Waals surface area contributed by atoms with Gasteiger partial charge >= 0.3 is 0 Å². The highest BCUT2D eigenvalue weighted by molar-refractivity contribution is 9.10. The third-order valence-electron chi connectivity index (χ3n) is 3.56. The first-order chi connectivity index (χ1) is 9.69. The smallest absolute Gasteiger partial charge is 0.244 e. The van der Waals surface area contributed by atoms with Crippen molar-refractivity contribution in [2.24, 2.45) is 0 Å². The van der Waals surface area contributed by atoms with Crippen molar-refractivity contribution in [1.82, 2.24) is 5.32 Å². The van der Waals surface area contributed by atoms with Crippen molar-refractivity contribution in [3.05, 3.63) is 34.3 Å². The van der Waals surface area contributed by atoms with E-state index in [0.29, 0.717) is 6.04 Å². The molecule has 1 aliphatic rings. The number of nitrogens with one attached hydrogen (secondary N) is 1. The van der Waals surface area contributed by atoms with Crippen LogP contribution in [0.4, 0.5) is 0 Å². The summed E-state index contributed by atoms with van der Waals surface area (Å²) in [5, 5.41) is 3.06. The molecule has 1 aliphatic carbocycles. The maximum Gasteiger partial charge on any atom is 0.244 e. The van der Waals surface area contributed by atoms with Crippen molar-refractivity contribution >= 4 is 27.9 Å². The van der Waals surface area contributed by atoms with E-state index in [2.05, 4.69) is 21.2 Å². The second-order valence-electron chi connectivity index (χ2n) is 5.06. The number of halogens is 1.